The zero-order valence-corrected chi connectivity index (χ0v) is 57.3. The Kier molecular flexibility index (Phi) is 22.0. The fraction of sp³-hybridized carbons (Fsp3) is 0.926. The maximum Gasteiger partial charge on any atom is 0.252 e. The van der Waals surface area contributed by atoms with E-state index in [-0.39, 0.29) is 66.9 Å². The first-order valence-electron chi connectivity index (χ1n) is 34.7. The second-order valence-corrected chi connectivity index (χ2v) is 29.7. The van der Waals surface area contributed by atoms with Gasteiger partial charge in [0.1, 0.15) is 55.4 Å². The summed E-state index contributed by atoms with van der Waals surface area (Å²) < 4.78 is 112. The van der Waals surface area contributed by atoms with E-state index < -0.39 is 171 Å². The number of aliphatic hydroxyl groups excluding tert-OH is 4. The number of fused-ring (bicyclic) bond motifs is 6. The van der Waals surface area contributed by atoms with Gasteiger partial charge in [0, 0.05) is 58.8 Å². The van der Waals surface area contributed by atoms with Crippen molar-refractivity contribution in [3.05, 3.63) is 23.5 Å². The van der Waals surface area contributed by atoms with E-state index in [2.05, 4.69) is 19.9 Å². The van der Waals surface area contributed by atoms with E-state index in [1.807, 2.05) is 27.7 Å². The maximum absolute atomic E-state index is 13.1. The maximum atomic E-state index is 13.1. The van der Waals surface area contributed by atoms with E-state index >= 15 is 0 Å². The van der Waals surface area contributed by atoms with Gasteiger partial charge < -0.3 is 111 Å². The van der Waals surface area contributed by atoms with Gasteiger partial charge in [-0.25, -0.2) is 4.89 Å². The molecule has 0 aromatic rings. The van der Waals surface area contributed by atoms with E-state index in [4.69, 9.17) is 95.0 Å². The highest BCUT2D eigenvalue weighted by Gasteiger charge is 2.66. The summed E-state index contributed by atoms with van der Waals surface area (Å²) in [6.45, 7) is 19.4. The molecular weight excluding hydrogens is 1230 g/mol. The molecule has 0 aromatic carbocycles. The zero-order valence-electron chi connectivity index (χ0n) is 57.3. The Morgan fingerprint density at radius 3 is 1.89 bits per heavy atom. The van der Waals surface area contributed by atoms with Gasteiger partial charge in [-0.2, -0.15) is 4.89 Å². The minimum atomic E-state index is -1.37. The zero-order chi connectivity index (χ0) is 67.1. The third-order valence-corrected chi connectivity index (χ3v) is 24.0. The quantitative estimate of drug-likeness (QED) is 0.0960. The summed E-state index contributed by atoms with van der Waals surface area (Å²) in [7, 11) is 6.03. The van der Waals surface area contributed by atoms with Gasteiger partial charge in [0.05, 0.1) is 98.2 Å². The number of carbonyl (C=O) groups excluding carboxylic acids is 1. The highest BCUT2D eigenvalue weighted by Crippen LogP contribution is 2.68. The average molecular weight is 1340 g/mol. The van der Waals surface area contributed by atoms with Gasteiger partial charge in [-0.3, -0.25) is 4.79 Å². The topological polar surface area (TPSA) is 303 Å². The van der Waals surface area contributed by atoms with Gasteiger partial charge >= 0.3 is 0 Å². The largest absolute Gasteiger partial charge is 0.493 e. The first-order chi connectivity index (χ1) is 44.7. The Morgan fingerprint density at radius 1 is 0.617 bits per heavy atom. The number of aliphatic hydroxyl groups is 5. The smallest absolute Gasteiger partial charge is 0.252 e. The lowest BCUT2D eigenvalue weighted by atomic mass is 9.46. The predicted octanol–water partition coefficient (Wildman–Crippen LogP) is 4.85. The van der Waals surface area contributed by atoms with Crippen LogP contribution >= 0.6 is 0 Å². The van der Waals surface area contributed by atoms with Crippen molar-refractivity contribution in [3.8, 4) is 0 Å². The van der Waals surface area contributed by atoms with Crippen LogP contribution in [0.2, 0.25) is 0 Å². The highest BCUT2D eigenvalue weighted by atomic mass is 17.2. The Hall–Kier alpha value is -2.01. The molecule has 3 saturated carbocycles. The average Bonchev–Trinajstić information content (AvgIpc) is 1.44. The Morgan fingerprint density at radius 2 is 1.24 bits per heavy atom. The van der Waals surface area contributed by atoms with Crippen LogP contribution in [0.1, 0.15) is 153 Å². The third kappa shape index (κ3) is 13.7. The molecule has 1 spiro atoms. The summed E-state index contributed by atoms with van der Waals surface area (Å²) in [5.41, 5.74) is -0.0356. The van der Waals surface area contributed by atoms with Gasteiger partial charge in [0.2, 0.25) is 12.1 Å². The predicted molar refractivity (Wildman–Crippen MR) is 326 cm³/mol. The van der Waals surface area contributed by atoms with Gasteiger partial charge in [-0.1, -0.05) is 25.5 Å². The van der Waals surface area contributed by atoms with E-state index in [1.165, 1.54) is 26.9 Å². The van der Waals surface area contributed by atoms with Crippen LogP contribution in [-0.4, -0.2) is 250 Å². The molecule has 12 aliphatic rings. The number of hydrogen-bond donors (Lipinski definition) is 5. The second-order valence-electron chi connectivity index (χ2n) is 29.7. The van der Waals surface area contributed by atoms with Crippen molar-refractivity contribution >= 4 is 5.78 Å². The first-order valence-corrected chi connectivity index (χ1v) is 34.7. The number of carbonyl (C=O) groups is 1. The van der Waals surface area contributed by atoms with Crippen LogP contribution in [0.25, 0.3) is 0 Å². The normalized spacial score (nSPS) is 52.7. The van der Waals surface area contributed by atoms with E-state index in [0.29, 0.717) is 30.6 Å². The van der Waals surface area contributed by atoms with Crippen LogP contribution in [0, 0.1) is 28.6 Å². The van der Waals surface area contributed by atoms with Gasteiger partial charge in [-0.15, -0.1) is 0 Å². The van der Waals surface area contributed by atoms with Crippen molar-refractivity contribution in [1.82, 2.24) is 0 Å². The van der Waals surface area contributed by atoms with Crippen molar-refractivity contribution in [2.75, 3.05) is 35.0 Å². The van der Waals surface area contributed by atoms with Crippen molar-refractivity contribution in [1.29, 1.82) is 0 Å². The number of allylic oxidation sites excluding steroid dienone is 1. The molecule has 0 aromatic heterocycles. The van der Waals surface area contributed by atoms with Crippen molar-refractivity contribution in [2.24, 2.45) is 28.6 Å². The number of ketones is 1. The molecule has 5 N–H and O–H groups in total. The minimum Gasteiger partial charge on any atom is -0.493 e. The molecule has 94 heavy (non-hydrogen) atoms. The van der Waals surface area contributed by atoms with Crippen LogP contribution in [0.15, 0.2) is 23.5 Å². The lowest BCUT2D eigenvalue weighted by Gasteiger charge is -2.59. The summed E-state index contributed by atoms with van der Waals surface area (Å²) in [6.07, 6.45) is -8.64. The van der Waals surface area contributed by atoms with Gasteiger partial charge in [0.15, 0.2) is 37.2 Å². The molecule has 536 valence electrons. The van der Waals surface area contributed by atoms with Crippen molar-refractivity contribution < 1.29 is 125 Å². The Balaban J connectivity index is 0.595. The standard InChI is InChI=1S/C68H108O26/c1-31-23-46(75-11)55(72)63(80-31)87-40-17-20-65(9)39(24-40)15-16-41-42(65)18-21-66(10)43(41)19-22-68(66,74)38(8)86-52-28-48-61(36(6)84-52)93-94-67(30-79-48)29-49(77-13)60(37(7)92-67)90-51-26-45(70)57(33(3)82-51)88-50-25-44(69)58(34(4)81-50)89-53-27-47(76-12)59(35(5)83-53)91-64-56(73)62(78-14)54(71)32(2)85-64/h15,23,31-38,40-45,47-54,56-64,69-71,73-74H,16-22,24-30H2,1-14H3. The SMILES string of the molecule is COC1=CC(C)OC(OC2CCC3(C)C(=CCC4C3CCC3(C)C4CCC3(O)C(C)OC3CC4OCC5(CC(OC)C(OC6CC(O)C(OC7CC(O)C(OC8CC(OC)C(OC9OC(C)C(O)C(OC)C9O)C(C)O8)C(C)O7)C(C)O6)C(C)O5)OOC4C(C)O3)C2)C1=O. The molecule has 0 amide bonds. The Labute approximate surface area is 552 Å². The molecule has 8 aliphatic heterocycles. The third-order valence-electron chi connectivity index (χ3n) is 24.0. The van der Waals surface area contributed by atoms with E-state index in [0.717, 1.165) is 44.9 Å². The molecule has 35 atom stereocenters. The summed E-state index contributed by atoms with van der Waals surface area (Å²) in [5, 5.41) is 57.5. The lowest BCUT2D eigenvalue weighted by molar-refractivity contribution is -0.472. The number of ether oxygens (including phenoxy) is 18. The molecule has 35 unspecified atom stereocenters. The molecule has 26 heteroatoms. The molecule has 10 fully saturated rings. The number of rotatable bonds is 17. The summed E-state index contributed by atoms with van der Waals surface area (Å²) in [5.74, 6) is -0.143. The van der Waals surface area contributed by atoms with Crippen LogP contribution in [0.5, 0.6) is 0 Å². The number of methoxy groups -OCH3 is 4. The molecule has 7 saturated heterocycles. The molecular formula is C68H108O26. The van der Waals surface area contributed by atoms with Crippen LogP contribution in [-0.2, 0) is 99.8 Å². The summed E-state index contributed by atoms with van der Waals surface area (Å²) >= 11 is 0. The summed E-state index contributed by atoms with van der Waals surface area (Å²) in [4.78, 5) is 25.5. The number of Topliss-reactive ketones (excluding diaryl/α,β-unsaturated/α-hetero) is 1. The highest BCUT2D eigenvalue weighted by molar-refractivity contribution is 5.96. The fourth-order valence-electron chi connectivity index (χ4n) is 18.7. The van der Waals surface area contributed by atoms with Gasteiger partial charge in [0.25, 0.3) is 5.78 Å². The molecule has 0 bridgehead atoms. The van der Waals surface area contributed by atoms with Crippen LogP contribution in [0.3, 0.4) is 0 Å². The molecule has 0 radical (unpaired) electrons. The van der Waals surface area contributed by atoms with E-state index in [9.17, 15) is 30.3 Å². The minimum absolute atomic E-state index is 0.0109. The van der Waals surface area contributed by atoms with Crippen molar-refractivity contribution in [2.45, 2.75) is 336 Å². The Bertz CT molecular complexity index is 2610. The monoisotopic (exact) mass is 1340 g/mol. The summed E-state index contributed by atoms with van der Waals surface area (Å²) in [6, 6.07) is 0. The lowest BCUT2D eigenvalue weighted by Crippen LogP contribution is -2.61. The molecule has 26 nitrogen and oxygen atoms in total. The van der Waals surface area contributed by atoms with Crippen LogP contribution < -0.4 is 0 Å². The molecule has 4 aliphatic carbocycles. The van der Waals surface area contributed by atoms with Crippen molar-refractivity contribution in [3.63, 3.8) is 0 Å². The fourth-order valence-corrected chi connectivity index (χ4v) is 18.7. The number of hydrogen-bond acceptors (Lipinski definition) is 26. The molecule has 12 rings (SSSR count). The van der Waals surface area contributed by atoms with Crippen LogP contribution in [0.4, 0.5) is 0 Å². The first kappa shape index (κ1) is 71.8. The van der Waals surface area contributed by atoms with E-state index in [1.54, 1.807) is 40.9 Å². The van der Waals surface area contributed by atoms with Gasteiger partial charge in [-0.05, 0) is 136 Å². The molecule has 8 heterocycles. The second kappa shape index (κ2) is 28.8.